The van der Waals surface area contributed by atoms with Gasteiger partial charge in [0.1, 0.15) is 5.75 Å². The highest BCUT2D eigenvalue weighted by molar-refractivity contribution is 5.67. The van der Waals surface area contributed by atoms with Gasteiger partial charge in [-0.2, -0.15) is 5.10 Å². The SMILES string of the molecule is Cn1ncc(C2(N)CC2)c1-c1cccc(O)c1. The zero-order chi connectivity index (χ0) is 12.0. The predicted octanol–water partition coefficient (Wildman–Crippen LogP) is 1.74. The van der Waals surface area contributed by atoms with E-state index >= 15 is 0 Å². The third kappa shape index (κ3) is 1.61. The van der Waals surface area contributed by atoms with Gasteiger partial charge in [-0.05, 0) is 25.0 Å². The molecule has 2 aromatic rings. The van der Waals surface area contributed by atoms with Crippen LogP contribution in [-0.4, -0.2) is 14.9 Å². The summed E-state index contributed by atoms with van der Waals surface area (Å²) in [7, 11) is 1.90. The Hall–Kier alpha value is -1.81. The van der Waals surface area contributed by atoms with Gasteiger partial charge in [0.2, 0.25) is 0 Å². The molecule has 1 aliphatic carbocycles. The van der Waals surface area contributed by atoms with Crippen molar-refractivity contribution in [2.24, 2.45) is 12.8 Å². The molecule has 0 radical (unpaired) electrons. The van der Waals surface area contributed by atoms with E-state index in [0.29, 0.717) is 0 Å². The first-order valence-electron chi connectivity index (χ1n) is 5.71. The molecule has 1 aromatic carbocycles. The number of hydrogen-bond donors (Lipinski definition) is 2. The van der Waals surface area contributed by atoms with Gasteiger partial charge in [0.05, 0.1) is 11.9 Å². The van der Waals surface area contributed by atoms with E-state index in [2.05, 4.69) is 5.10 Å². The highest BCUT2D eigenvalue weighted by atomic mass is 16.3. The number of benzene rings is 1. The van der Waals surface area contributed by atoms with E-state index in [1.54, 1.807) is 12.1 Å². The Morgan fingerprint density at radius 3 is 2.82 bits per heavy atom. The van der Waals surface area contributed by atoms with E-state index < -0.39 is 0 Å². The van der Waals surface area contributed by atoms with Crippen LogP contribution in [0.2, 0.25) is 0 Å². The Balaban J connectivity index is 2.17. The number of aromatic hydroxyl groups is 1. The van der Waals surface area contributed by atoms with Gasteiger partial charge in [0.25, 0.3) is 0 Å². The fourth-order valence-corrected chi connectivity index (χ4v) is 2.20. The van der Waals surface area contributed by atoms with Gasteiger partial charge in [-0.1, -0.05) is 12.1 Å². The second kappa shape index (κ2) is 3.34. The van der Waals surface area contributed by atoms with E-state index in [9.17, 15) is 5.11 Å². The van der Waals surface area contributed by atoms with Crippen molar-refractivity contribution in [2.75, 3.05) is 0 Å². The minimum Gasteiger partial charge on any atom is -0.508 e. The maximum Gasteiger partial charge on any atom is 0.116 e. The second-order valence-corrected chi connectivity index (χ2v) is 4.74. The van der Waals surface area contributed by atoms with Crippen LogP contribution in [0.3, 0.4) is 0 Å². The Labute approximate surface area is 99.7 Å². The smallest absolute Gasteiger partial charge is 0.116 e. The molecule has 1 saturated carbocycles. The fourth-order valence-electron chi connectivity index (χ4n) is 2.20. The van der Waals surface area contributed by atoms with Gasteiger partial charge in [-0.3, -0.25) is 4.68 Å². The molecule has 1 fully saturated rings. The number of aryl methyl sites for hydroxylation is 1. The van der Waals surface area contributed by atoms with Crippen LogP contribution < -0.4 is 5.73 Å². The Morgan fingerprint density at radius 1 is 1.41 bits per heavy atom. The number of nitrogens with zero attached hydrogens (tertiary/aromatic N) is 2. The van der Waals surface area contributed by atoms with Gasteiger partial charge < -0.3 is 10.8 Å². The van der Waals surface area contributed by atoms with Crippen LogP contribution in [0.4, 0.5) is 0 Å². The highest BCUT2D eigenvalue weighted by Crippen LogP contribution is 2.46. The number of phenolic OH excluding ortho intramolecular Hbond substituents is 1. The zero-order valence-corrected chi connectivity index (χ0v) is 9.72. The summed E-state index contributed by atoms with van der Waals surface area (Å²) in [6.45, 7) is 0. The lowest BCUT2D eigenvalue weighted by atomic mass is 10.0. The molecular weight excluding hydrogens is 214 g/mol. The minimum absolute atomic E-state index is 0.213. The lowest BCUT2D eigenvalue weighted by Crippen LogP contribution is -2.19. The van der Waals surface area contributed by atoms with Crippen LogP contribution in [0.15, 0.2) is 30.5 Å². The summed E-state index contributed by atoms with van der Waals surface area (Å²) in [6, 6.07) is 7.20. The predicted molar refractivity (Wildman–Crippen MR) is 65.4 cm³/mol. The second-order valence-electron chi connectivity index (χ2n) is 4.74. The largest absolute Gasteiger partial charge is 0.508 e. The van der Waals surface area contributed by atoms with E-state index in [-0.39, 0.29) is 11.3 Å². The van der Waals surface area contributed by atoms with E-state index in [1.807, 2.05) is 30.1 Å². The maximum atomic E-state index is 9.55. The van der Waals surface area contributed by atoms with Crippen molar-refractivity contribution >= 4 is 0 Å². The third-order valence-electron chi connectivity index (χ3n) is 3.38. The average Bonchev–Trinajstić information content (AvgIpc) is 2.90. The molecule has 0 unspecified atom stereocenters. The number of nitrogens with two attached hydrogens (primary N) is 1. The lowest BCUT2D eigenvalue weighted by molar-refractivity contribution is 0.475. The van der Waals surface area contributed by atoms with Crippen molar-refractivity contribution in [1.82, 2.24) is 9.78 Å². The monoisotopic (exact) mass is 229 g/mol. The van der Waals surface area contributed by atoms with E-state index in [1.165, 1.54) is 0 Å². The molecule has 1 aromatic heterocycles. The topological polar surface area (TPSA) is 64.1 Å². The molecule has 17 heavy (non-hydrogen) atoms. The summed E-state index contributed by atoms with van der Waals surface area (Å²) in [4.78, 5) is 0. The van der Waals surface area contributed by atoms with Crippen molar-refractivity contribution < 1.29 is 5.11 Å². The zero-order valence-electron chi connectivity index (χ0n) is 9.72. The molecule has 0 spiro atoms. The highest BCUT2D eigenvalue weighted by Gasteiger charge is 2.43. The summed E-state index contributed by atoms with van der Waals surface area (Å²) in [5.74, 6) is 0.261. The number of aromatic nitrogens is 2. The van der Waals surface area contributed by atoms with Crippen molar-refractivity contribution in [3.63, 3.8) is 0 Å². The summed E-state index contributed by atoms with van der Waals surface area (Å²) in [5, 5.41) is 13.8. The van der Waals surface area contributed by atoms with Crippen molar-refractivity contribution in [1.29, 1.82) is 0 Å². The van der Waals surface area contributed by atoms with E-state index in [4.69, 9.17) is 5.73 Å². The first-order chi connectivity index (χ1) is 8.10. The first-order valence-corrected chi connectivity index (χ1v) is 5.71. The lowest BCUT2D eigenvalue weighted by Gasteiger charge is -2.11. The third-order valence-corrected chi connectivity index (χ3v) is 3.38. The van der Waals surface area contributed by atoms with Gasteiger partial charge in [0, 0.05) is 23.7 Å². The van der Waals surface area contributed by atoms with Crippen molar-refractivity contribution in [2.45, 2.75) is 18.4 Å². The summed E-state index contributed by atoms with van der Waals surface area (Å²) in [6.07, 6.45) is 3.85. The van der Waals surface area contributed by atoms with Crippen LogP contribution in [0.1, 0.15) is 18.4 Å². The molecule has 0 saturated heterocycles. The normalized spacial score (nSPS) is 17.1. The fraction of sp³-hybridized carbons (Fsp3) is 0.308. The van der Waals surface area contributed by atoms with Gasteiger partial charge in [-0.25, -0.2) is 0 Å². The molecule has 3 N–H and O–H groups in total. The van der Waals surface area contributed by atoms with Crippen LogP contribution in [0.5, 0.6) is 5.75 Å². The molecule has 0 atom stereocenters. The van der Waals surface area contributed by atoms with E-state index in [0.717, 1.165) is 29.7 Å². The Kier molecular flexibility index (Phi) is 2.03. The van der Waals surface area contributed by atoms with Crippen molar-refractivity contribution in [3.8, 4) is 17.0 Å². The average molecular weight is 229 g/mol. The molecule has 1 aliphatic rings. The minimum atomic E-state index is -0.213. The number of hydrogen-bond acceptors (Lipinski definition) is 3. The standard InChI is InChI=1S/C13H15N3O/c1-16-12(9-3-2-4-10(17)7-9)11(8-15-16)13(14)5-6-13/h2-4,7-8,17H,5-6,14H2,1H3. The van der Waals surface area contributed by atoms with Crippen LogP contribution in [0.25, 0.3) is 11.3 Å². The van der Waals surface area contributed by atoms with Crippen molar-refractivity contribution in [3.05, 3.63) is 36.0 Å². The first kappa shape index (κ1) is 10.4. The summed E-state index contributed by atoms with van der Waals surface area (Å²) < 4.78 is 1.82. The molecule has 4 nitrogen and oxygen atoms in total. The molecule has 88 valence electrons. The molecule has 3 rings (SSSR count). The van der Waals surface area contributed by atoms with Gasteiger partial charge >= 0.3 is 0 Å². The molecular formula is C13H15N3O. The van der Waals surface area contributed by atoms with Crippen LogP contribution in [0, 0.1) is 0 Å². The number of phenols is 1. The Morgan fingerprint density at radius 2 is 2.18 bits per heavy atom. The quantitative estimate of drug-likeness (QED) is 0.824. The maximum absolute atomic E-state index is 9.55. The van der Waals surface area contributed by atoms with Crippen LogP contribution >= 0.6 is 0 Å². The molecule has 0 aliphatic heterocycles. The summed E-state index contributed by atoms with van der Waals surface area (Å²) in [5.41, 5.74) is 9.06. The molecule has 0 amide bonds. The Bertz CT molecular complexity index is 570. The molecule has 1 heterocycles. The van der Waals surface area contributed by atoms with Gasteiger partial charge in [0.15, 0.2) is 0 Å². The molecule has 4 heteroatoms. The van der Waals surface area contributed by atoms with Crippen LogP contribution in [-0.2, 0) is 12.6 Å². The number of rotatable bonds is 2. The summed E-state index contributed by atoms with van der Waals surface area (Å²) >= 11 is 0. The molecule has 0 bridgehead atoms. The van der Waals surface area contributed by atoms with Gasteiger partial charge in [-0.15, -0.1) is 0 Å².